The first kappa shape index (κ1) is 23.7. The number of carbonyl (C=O) groups is 2. The highest BCUT2D eigenvalue weighted by atomic mass is 16.4. The molecule has 0 unspecified atom stereocenters. The van der Waals surface area contributed by atoms with Crippen LogP contribution in [0.1, 0.15) is 20.7 Å². The van der Waals surface area contributed by atoms with Crippen molar-refractivity contribution in [3.63, 3.8) is 0 Å². The summed E-state index contributed by atoms with van der Waals surface area (Å²) >= 11 is 0. The van der Waals surface area contributed by atoms with Gasteiger partial charge < -0.3 is 33.1 Å². The van der Waals surface area contributed by atoms with Crippen molar-refractivity contribution >= 4 is 34.7 Å². The number of benzene rings is 4. The van der Waals surface area contributed by atoms with Crippen molar-refractivity contribution in [2.24, 2.45) is 0 Å². The molecular formula is C26H24N4O4. The molecule has 172 valence electrons. The fraction of sp³-hybridized carbons (Fsp3) is 0. The molecule has 4 aromatic carbocycles. The van der Waals surface area contributed by atoms with E-state index in [2.05, 4.69) is 0 Å². The highest BCUT2D eigenvalue weighted by Crippen LogP contribution is 2.28. The molecule has 0 amide bonds. The van der Waals surface area contributed by atoms with Crippen molar-refractivity contribution < 1.29 is 19.8 Å². The maximum atomic E-state index is 11.1. The molecule has 8 heteroatoms. The quantitative estimate of drug-likeness (QED) is 0.244. The van der Waals surface area contributed by atoms with Crippen LogP contribution in [-0.4, -0.2) is 22.2 Å². The highest BCUT2D eigenvalue weighted by molar-refractivity contribution is 5.97. The predicted molar refractivity (Wildman–Crippen MR) is 135 cm³/mol. The van der Waals surface area contributed by atoms with Gasteiger partial charge in [-0.25, -0.2) is 9.59 Å². The van der Waals surface area contributed by atoms with E-state index in [9.17, 15) is 9.59 Å². The standard InChI is InChI=1S/2C13H12N2O2/c2*14-9-3-1-8(2-4-9)12-7-10(15)5-6-11(12)13(16)17/h2*1-7H,14-15H2,(H,16,17). The van der Waals surface area contributed by atoms with Crippen molar-refractivity contribution in [3.05, 3.63) is 96.1 Å². The lowest BCUT2D eigenvalue weighted by Crippen LogP contribution is -2.00. The molecule has 0 aromatic heterocycles. The van der Waals surface area contributed by atoms with Gasteiger partial charge in [0.15, 0.2) is 0 Å². The van der Waals surface area contributed by atoms with Crippen LogP contribution in [0.2, 0.25) is 0 Å². The van der Waals surface area contributed by atoms with Crippen molar-refractivity contribution in [3.8, 4) is 22.3 Å². The molecule has 0 bridgehead atoms. The molecule has 0 saturated heterocycles. The van der Waals surface area contributed by atoms with Gasteiger partial charge in [0.25, 0.3) is 0 Å². The number of carboxylic acid groups (broad SMARTS) is 2. The molecule has 0 aliphatic carbocycles. The Balaban J connectivity index is 0.000000191. The maximum absolute atomic E-state index is 11.1. The Hall–Kier alpha value is -4.98. The second-order valence-electron chi connectivity index (χ2n) is 7.46. The van der Waals surface area contributed by atoms with E-state index in [0.717, 1.165) is 11.1 Å². The summed E-state index contributed by atoms with van der Waals surface area (Å²) in [5.41, 5.74) is 28.1. The summed E-state index contributed by atoms with van der Waals surface area (Å²) < 4.78 is 0. The van der Waals surface area contributed by atoms with Gasteiger partial charge in [-0.3, -0.25) is 0 Å². The first-order valence-electron chi connectivity index (χ1n) is 10.1. The second kappa shape index (κ2) is 10.1. The summed E-state index contributed by atoms with van der Waals surface area (Å²) in [7, 11) is 0. The molecule has 0 radical (unpaired) electrons. The molecule has 0 atom stereocenters. The summed E-state index contributed by atoms with van der Waals surface area (Å²) in [6.07, 6.45) is 0. The third kappa shape index (κ3) is 5.63. The number of hydrogen-bond acceptors (Lipinski definition) is 6. The molecule has 4 rings (SSSR count). The van der Waals surface area contributed by atoms with E-state index in [1.165, 1.54) is 12.1 Å². The largest absolute Gasteiger partial charge is 0.478 e. The zero-order chi connectivity index (χ0) is 24.8. The zero-order valence-electron chi connectivity index (χ0n) is 18.1. The number of nitrogen functional groups attached to an aromatic ring is 4. The zero-order valence-corrected chi connectivity index (χ0v) is 18.1. The Morgan fingerprint density at radius 2 is 0.765 bits per heavy atom. The minimum Gasteiger partial charge on any atom is -0.478 e. The van der Waals surface area contributed by atoms with Gasteiger partial charge >= 0.3 is 11.9 Å². The molecule has 0 aliphatic heterocycles. The molecular weight excluding hydrogens is 432 g/mol. The van der Waals surface area contributed by atoms with Crippen LogP contribution in [0, 0.1) is 0 Å². The van der Waals surface area contributed by atoms with E-state index in [-0.39, 0.29) is 11.1 Å². The number of carboxylic acids is 2. The summed E-state index contributed by atoms with van der Waals surface area (Å²) in [4.78, 5) is 22.2. The number of anilines is 4. The number of rotatable bonds is 4. The fourth-order valence-electron chi connectivity index (χ4n) is 3.30. The fourth-order valence-corrected chi connectivity index (χ4v) is 3.30. The maximum Gasteiger partial charge on any atom is 0.336 e. The van der Waals surface area contributed by atoms with Gasteiger partial charge in [-0.05, 0) is 82.9 Å². The Morgan fingerprint density at radius 3 is 1.06 bits per heavy atom. The van der Waals surface area contributed by atoms with Gasteiger partial charge in [-0.1, -0.05) is 24.3 Å². The van der Waals surface area contributed by atoms with E-state index >= 15 is 0 Å². The topological polar surface area (TPSA) is 179 Å². The van der Waals surface area contributed by atoms with Crippen molar-refractivity contribution in [2.45, 2.75) is 0 Å². The summed E-state index contributed by atoms with van der Waals surface area (Å²) in [6, 6.07) is 23.5. The molecule has 4 aromatic rings. The Labute approximate surface area is 196 Å². The normalized spacial score (nSPS) is 10.1. The van der Waals surface area contributed by atoms with Crippen LogP contribution in [0.4, 0.5) is 22.7 Å². The molecule has 8 nitrogen and oxygen atoms in total. The SMILES string of the molecule is Nc1ccc(-c2cc(N)ccc2C(=O)O)cc1.Nc1ccc(-c2cc(N)ccc2C(=O)O)cc1. The van der Waals surface area contributed by atoms with E-state index in [1.807, 2.05) is 0 Å². The van der Waals surface area contributed by atoms with E-state index in [1.54, 1.807) is 72.8 Å². The number of nitrogens with two attached hydrogens (primary N) is 4. The lowest BCUT2D eigenvalue weighted by atomic mass is 9.99. The summed E-state index contributed by atoms with van der Waals surface area (Å²) in [5.74, 6) is -1.95. The van der Waals surface area contributed by atoms with Gasteiger partial charge in [0.05, 0.1) is 11.1 Å². The lowest BCUT2D eigenvalue weighted by molar-refractivity contribution is 0.0687. The van der Waals surface area contributed by atoms with Crippen LogP contribution < -0.4 is 22.9 Å². The van der Waals surface area contributed by atoms with Crippen molar-refractivity contribution in [2.75, 3.05) is 22.9 Å². The third-order valence-corrected chi connectivity index (χ3v) is 4.99. The molecule has 10 N–H and O–H groups in total. The predicted octanol–water partition coefficient (Wildman–Crippen LogP) is 4.43. The van der Waals surface area contributed by atoms with Crippen LogP contribution in [-0.2, 0) is 0 Å². The van der Waals surface area contributed by atoms with Gasteiger partial charge in [-0.15, -0.1) is 0 Å². The van der Waals surface area contributed by atoms with Crippen LogP contribution in [0.3, 0.4) is 0 Å². The van der Waals surface area contributed by atoms with Crippen molar-refractivity contribution in [1.29, 1.82) is 0 Å². The first-order valence-corrected chi connectivity index (χ1v) is 10.1. The third-order valence-electron chi connectivity index (χ3n) is 4.99. The summed E-state index contributed by atoms with van der Waals surface area (Å²) in [5, 5.41) is 18.2. The molecule has 0 saturated carbocycles. The Morgan fingerprint density at radius 1 is 0.471 bits per heavy atom. The van der Waals surface area contributed by atoms with Gasteiger partial charge in [0, 0.05) is 22.7 Å². The Bertz CT molecular complexity index is 1230. The molecule has 34 heavy (non-hydrogen) atoms. The average Bonchev–Trinajstić information content (AvgIpc) is 2.80. The molecule has 0 spiro atoms. The van der Waals surface area contributed by atoms with Crippen LogP contribution in [0.25, 0.3) is 22.3 Å². The minimum atomic E-state index is -0.975. The lowest BCUT2D eigenvalue weighted by Gasteiger charge is -2.07. The summed E-state index contributed by atoms with van der Waals surface area (Å²) in [6.45, 7) is 0. The van der Waals surface area contributed by atoms with E-state index < -0.39 is 11.9 Å². The monoisotopic (exact) mass is 456 g/mol. The van der Waals surface area contributed by atoms with Gasteiger partial charge in [0.2, 0.25) is 0 Å². The minimum absolute atomic E-state index is 0.226. The van der Waals surface area contributed by atoms with Crippen LogP contribution >= 0.6 is 0 Å². The highest BCUT2D eigenvalue weighted by Gasteiger charge is 2.12. The average molecular weight is 457 g/mol. The van der Waals surface area contributed by atoms with Crippen LogP contribution in [0.5, 0.6) is 0 Å². The second-order valence-corrected chi connectivity index (χ2v) is 7.46. The molecule has 0 aliphatic rings. The van der Waals surface area contributed by atoms with Gasteiger partial charge in [-0.2, -0.15) is 0 Å². The van der Waals surface area contributed by atoms with Gasteiger partial charge in [0.1, 0.15) is 0 Å². The molecule has 0 fully saturated rings. The smallest absolute Gasteiger partial charge is 0.336 e. The first-order chi connectivity index (χ1) is 16.2. The number of aromatic carboxylic acids is 2. The van der Waals surface area contributed by atoms with E-state index in [0.29, 0.717) is 33.9 Å². The van der Waals surface area contributed by atoms with Crippen molar-refractivity contribution in [1.82, 2.24) is 0 Å². The van der Waals surface area contributed by atoms with Crippen LogP contribution in [0.15, 0.2) is 84.9 Å². The number of hydrogen-bond donors (Lipinski definition) is 6. The Kier molecular flexibility index (Phi) is 7.03. The van der Waals surface area contributed by atoms with E-state index in [4.69, 9.17) is 33.1 Å². The molecule has 0 heterocycles.